The number of likely N-dealkylation sites (N-methyl/N-ethyl adjacent to an activating group) is 1. The third-order valence-electron chi connectivity index (χ3n) is 2.18. The molecule has 0 aliphatic rings. The lowest BCUT2D eigenvalue weighted by Crippen LogP contribution is -2.33. The van der Waals surface area contributed by atoms with Crippen molar-refractivity contribution in [1.29, 1.82) is 0 Å². The maximum atomic E-state index is 11.2. The molecule has 5 N–H and O–H groups in total. The van der Waals surface area contributed by atoms with Crippen LogP contribution in [0, 0.1) is 0 Å². The zero-order chi connectivity index (χ0) is 13.4. The number of carbonyl (C=O) groups excluding carboxylic acids is 1. The first-order chi connectivity index (χ1) is 8.67. The van der Waals surface area contributed by atoms with Crippen LogP contribution in [0.25, 0.3) is 0 Å². The van der Waals surface area contributed by atoms with E-state index in [1.165, 1.54) is 0 Å². The highest BCUT2D eigenvalue weighted by molar-refractivity contribution is 5.95. The van der Waals surface area contributed by atoms with Gasteiger partial charge < -0.3 is 21.6 Å². The van der Waals surface area contributed by atoms with Crippen molar-refractivity contribution < 1.29 is 10.0 Å². The molecule has 0 saturated heterocycles. The van der Waals surface area contributed by atoms with Gasteiger partial charge in [0.1, 0.15) is 5.69 Å². The summed E-state index contributed by atoms with van der Waals surface area (Å²) in [5.74, 6) is -0.0937. The van der Waals surface area contributed by atoms with Gasteiger partial charge in [0.2, 0.25) is 5.91 Å². The summed E-state index contributed by atoms with van der Waals surface area (Å²) in [6.07, 6.45) is 1.57. The number of hydrogen-bond donors (Lipinski definition) is 4. The first-order valence-corrected chi connectivity index (χ1v) is 5.57. The Kier molecular flexibility index (Phi) is 5.59. The minimum atomic E-state index is -0.0526. The van der Waals surface area contributed by atoms with Crippen LogP contribution in [0.15, 0.2) is 23.5 Å². The summed E-state index contributed by atoms with van der Waals surface area (Å²) in [6.45, 7) is 3.23. The second-order valence-corrected chi connectivity index (χ2v) is 3.59. The number of aromatic nitrogens is 1. The standard InChI is InChI=1S/C11H17N5O2/c1-2-14-10(17)7-13-6-8-3-4-15-9(5-8)11(12)16-18/h3-5,13,18H,2,6-7H2,1H3,(H2,12,16)(H,14,17). The number of rotatable bonds is 6. The topological polar surface area (TPSA) is 113 Å². The molecule has 7 nitrogen and oxygen atoms in total. The first-order valence-electron chi connectivity index (χ1n) is 5.57. The molecular weight excluding hydrogens is 234 g/mol. The summed E-state index contributed by atoms with van der Waals surface area (Å²) in [4.78, 5) is 15.2. The normalized spacial score (nSPS) is 11.3. The van der Waals surface area contributed by atoms with Gasteiger partial charge in [-0.05, 0) is 24.6 Å². The van der Waals surface area contributed by atoms with E-state index < -0.39 is 0 Å². The smallest absolute Gasteiger partial charge is 0.233 e. The van der Waals surface area contributed by atoms with Crippen LogP contribution in [0.3, 0.4) is 0 Å². The van der Waals surface area contributed by atoms with E-state index in [2.05, 4.69) is 20.8 Å². The molecule has 98 valence electrons. The van der Waals surface area contributed by atoms with Gasteiger partial charge in [-0.15, -0.1) is 0 Å². The maximum absolute atomic E-state index is 11.2. The van der Waals surface area contributed by atoms with Crippen molar-refractivity contribution in [3.63, 3.8) is 0 Å². The number of pyridine rings is 1. The van der Waals surface area contributed by atoms with Crippen molar-refractivity contribution in [2.24, 2.45) is 10.9 Å². The van der Waals surface area contributed by atoms with E-state index in [1.54, 1.807) is 18.3 Å². The highest BCUT2D eigenvalue weighted by atomic mass is 16.4. The number of amidine groups is 1. The number of amides is 1. The number of oxime groups is 1. The Morgan fingerprint density at radius 3 is 3.06 bits per heavy atom. The number of nitrogens with one attached hydrogen (secondary N) is 2. The molecule has 1 rings (SSSR count). The van der Waals surface area contributed by atoms with E-state index in [0.29, 0.717) is 18.8 Å². The fraction of sp³-hybridized carbons (Fsp3) is 0.364. The van der Waals surface area contributed by atoms with E-state index in [9.17, 15) is 4.79 Å². The van der Waals surface area contributed by atoms with Gasteiger partial charge in [0.15, 0.2) is 5.84 Å². The number of hydrogen-bond acceptors (Lipinski definition) is 5. The van der Waals surface area contributed by atoms with Gasteiger partial charge in [0, 0.05) is 19.3 Å². The molecule has 1 aromatic rings. The summed E-state index contributed by atoms with van der Waals surface area (Å²) in [6, 6.07) is 3.48. The van der Waals surface area contributed by atoms with Gasteiger partial charge in [-0.2, -0.15) is 0 Å². The van der Waals surface area contributed by atoms with E-state index >= 15 is 0 Å². The summed E-state index contributed by atoms with van der Waals surface area (Å²) in [7, 11) is 0. The van der Waals surface area contributed by atoms with E-state index in [1.807, 2.05) is 6.92 Å². The molecule has 0 aromatic carbocycles. The summed E-state index contributed by atoms with van der Waals surface area (Å²) >= 11 is 0. The van der Waals surface area contributed by atoms with Gasteiger partial charge in [0.05, 0.1) is 6.54 Å². The lowest BCUT2D eigenvalue weighted by molar-refractivity contribution is -0.120. The van der Waals surface area contributed by atoms with Crippen LogP contribution in [-0.4, -0.2) is 35.0 Å². The molecule has 18 heavy (non-hydrogen) atoms. The molecule has 0 fully saturated rings. The monoisotopic (exact) mass is 251 g/mol. The third kappa shape index (κ3) is 4.38. The SMILES string of the molecule is CCNC(=O)CNCc1ccnc(C(N)=NO)c1. The molecule has 0 saturated carbocycles. The molecule has 0 aliphatic heterocycles. The second kappa shape index (κ2) is 7.23. The Labute approximate surface area is 105 Å². The molecule has 1 amide bonds. The first kappa shape index (κ1) is 13.9. The Bertz CT molecular complexity index is 433. The number of nitrogens with two attached hydrogens (primary N) is 1. The summed E-state index contributed by atoms with van der Waals surface area (Å²) < 4.78 is 0. The van der Waals surface area contributed by atoms with E-state index in [4.69, 9.17) is 10.9 Å². The highest BCUT2D eigenvalue weighted by Crippen LogP contribution is 2.01. The fourth-order valence-corrected chi connectivity index (χ4v) is 1.36. The molecule has 0 bridgehead atoms. The van der Waals surface area contributed by atoms with Crippen LogP contribution in [0.2, 0.25) is 0 Å². The Morgan fingerprint density at radius 2 is 2.39 bits per heavy atom. The van der Waals surface area contributed by atoms with Gasteiger partial charge in [-0.25, -0.2) is 0 Å². The van der Waals surface area contributed by atoms with Gasteiger partial charge >= 0.3 is 0 Å². The molecule has 0 radical (unpaired) electrons. The quantitative estimate of drug-likeness (QED) is 0.233. The maximum Gasteiger partial charge on any atom is 0.233 e. The van der Waals surface area contributed by atoms with Crippen molar-refractivity contribution in [3.05, 3.63) is 29.6 Å². The van der Waals surface area contributed by atoms with Crippen LogP contribution in [0.5, 0.6) is 0 Å². The Hall–Kier alpha value is -2.15. The zero-order valence-corrected chi connectivity index (χ0v) is 10.2. The van der Waals surface area contributed by atoms with Gasteiger partial charge in [-0.1, -0.05) is 5.16 Å². The van der Waals surface area contributed by atoms with Crippen molar-refractivity contribution in [2.75, 3.05) is 13.1 Å². The van der Waals surface area contributed by atoms with E-state index in [-0.39, 0.29) is 18.3 Å². The zero-order valence-electron chi connectivity index (χ0n) is 10.2. The van der Waals surface area contributed by atoms with Crippen LogP contribution in [-0.2, 0) is 11.3 Å². The molecule has 1 aromatic heterocycles. The highest BCUT2D eigenvalue weighted by Gasteiger charge is 2.03. The minimum Gasteiger partial charge on any atom is -0.409 e. The predicted molar refractivity (Wildman–Crippen MR) is 67.1 cm³/mol. The van der Waals surface area contributed by atoms with Crippen LogP contribution in [0.1, 0.15) is 18.2 Å². The molecule has 0 aliphatic carbocycles. The average molecular weight is 251 g/mol. The second-order valence-electron chi connectivity index (χ2n) is 3.59. The van der Waals surface area contributed by atoms with Crippen molar-refractivity contribution >= 4 is 11.7 Å². The van der Waals surface area contributed by atoms with Gasteiger partial charge in [0.25, 0.3) is 0 Å². The van der Waals surface area contributed by atoms with E-state index in [0.717, 1.165) is 5.56 Å². The molecule has 0 spiro atoms. The third-order valence-corrected chi connectivity index (χ3v) is 2.18. The summed E-state index contributed by atoms with van der Waals surface area (Å²) in [5, 5.41) is 17.1. The Balaban J connectivity index is 2.50. The predicted octanol–water partition coefficient (Wildman–Crippen LogP) is -0.598. The Morgan fingerprint density at radius 1 is 1.61 bits per heavy atom. The summed E-state index contributed by atoms with van der Waals surface area (Å²) in [5.41, 5.74) is 6.73. The van der Waals surface area contributed by atoms with Crippen molar-refractivity contribution in [1.82, 2.24) is 15.6 Å². The van der Waals surface area contributed by atoms with Crippen molar-refractivity contribution in [3.8, 4) is 0 Å². The molecule has 7 heteroatoms. The minimum absolute atomic E-state index is 0.0411. The lowest BCUT2D eigenvalue weighted by atomic mass is 10.2. The molecule has 0 atom stereocenters. The molecular formula is C11H17N5O2. The molecule has 0 unspecified atom stereocenters. The van der Waals surface area contributed by atoms with Crippen LogP contribution >= 0.6 is 0 Å². The molecule has 1 heterocycles. The fourth-order valence-electron chi connectivity index (χ4n) is 1.36. The van der Waals surface area contributed by atoms with Crippen LogP contribution in [0.4, 0.5) is 0 Å². The van der Waals surface area contributed by atoms with Gasteiger partial charge in [-0.3, -0.25) is 9.78 Å². The largest absolute Gasteiger partial charge is 0.409 e. The average Bonchev–Trinajstić information content (AvgIpc) is 2.38. The number of nitrogens with zero attached hydrogens (tertiary/aromatic N) is 2. The number of carbonyl (C=O) groups is 1. The van der Waals surface area contributed by atoms with Crippen molar-refractivity contribution in [2.45, 2.75) is 13.5 Å². The lowest BCUT2D eigenvalue weighted by Gasteiger charge is -2.06. The van der Waals surface area contributed by atoms with Crippen LogP contribution < -0.4 is 16.4 Å².